The van der Waals surface area contributed by atoms with Crippen molar-refractivity contribution in [1.29, 1.82) is 0 Å². The summed E-state index contributed by atoms with van der Waals surface area (Å²) in [5.74, 6) is -0.209. The standard InChI is InChI=1S/C14H19N3O2S/c1-10-11(9-17(2)16-10)8-15-12(7-14(18)19-3)13-5-4-6-20-13/h4-6,9,12,15H,7-8H2,1-3H3. The summed E-state index contributed by atoms with van der Waals surface area (Å²) in [6.07, 6.45) is 2.32. The minimum Gasteiger partial charge on any atom is -0.469 e. The molecule has 0 aromatic carbocycles. The first-order valence-corrected chi connectivity index (χ1v) is 7.31. The van der Waals surface area contributed by atoms with E-state index >= 15 is 0 Å². The topological polar surface area (TPSA) is 56.1 Å². The van der Waals surface area contributed by atoms with Gasteiger partial charge >= 0.3 is 5.97 Å². The van der Waals surface area contributed by atoms with Gasteiger partial charge in [-0.2, -0.15) is 5.10 Å². The highest BCUT2D eigenvalue weighted by molar-refractivity contribution is 7.10. The van der Waals surface area contributed by atoms with Gasteiger partial charge in [0, 0.05) is 30.2 Å². The molecule has 20 heavy (non-hydrogen) atoms. The van der Waals surface area contributed by atoms with Gasteiger partial charge in [0.2, 0.25) is 0 Å². The van der Waals surface area contributed by atoms with Crippen LogP contribution in [0.4, 0.5) is 0 Å². The average molecular weight is 293 g/mol. The number of methoxy groups -OCH3 is 1. The van der Waals surface area contributed by atoms with Crippen LogP contribution in [0.5, 0.6) is 0 Å². The molecule has 2 heterocycles. The number of esters is 1. The maximum absolute atomic E-state index is 11.5. The van der Waals surface area contributed by atoms with Crippen LogP contribution in [-0.2, 0) is 23.1 Å². The number of aromatic nitrogens is 2. The average Bonchev–Trinajstić information content (AvgIpc) is 3.04. The second kappa shape index (κ2) is 6.67. The molecule has 0 aliphatic carbocycles. The summed E-state index contributed by atoms with van der Waals surface area (Å²) in [4.78, 5) is 12.7. The number of carbonyl (C=O) groups is 1. The second-order valence-corrected chi connectivity index (χ2v) is 5.62. The minimum atomic E-state index is -0.209. The van der Waals surface area contributed by atoms with Gasteiger partial charge in [-0.3, -0.25) is 9.48 Å². The highest BCUT2D eigenvalue weighted by atomic mass is 32.1. The van der Waals surface area contributed by atoms with E-state index in [1.807, 2.05) is 37.7 Å². The number of nitrogens with zero attached hydrogens (tertiary/aromatic N) is 2. The van der Waals surface area contributed by atoms with E-state index < -0.39 is 0 Å². The summed E-state index contributed by atoms with van der Waals surface area (Å²) in [5.41, 5.74) is 2.14. The third kappa shape index (κ3) is 3.68. The molecule has 2 rings (SSSR count). The molecule has 1 atom stereocenters. The lowest BCUT2D eigenvalue weighted by atomic mass is 10.1. The molecule has 0 bridgehead atoms. The number of hydrogen-bond acceptors (Lipinski definition) is 5. The van der Waals surface area contributed by atoms with Crippen molar-refractivity contribution in [1.82, 2.24) is 15.1 Å². The Labute approximate surface area is 122 Å². The van der Waals surface area contributed by atoms with E-state index in [-0.39, 0.29) is 12.0 Å². The Hall–Kier alpha value is -1.66. The van der Waals surface area contributed by atoms with Crippen LogP contribution in [0.25, 0.3) is 0 Å². The Morgan fingerprint density at radius 1 is 1.60 bits per heavy atom. The first-order valence-electron chi connectivity index (χ1n) is 6.43. The molecule has 108 valence electrons. The molecule has 1 unspecified atom stereocenters. The molecule has 0 fully saturated rings. The third-order valence-electron chi connectivity index (χ3n) is 3.14. The van der Waals surface area contributed by atoms with Crippen molar-refractivity contribution in [2.45, 2.75) is 25.9 Å². The van der Waals surface area contributed by atoms with Crippen molar-refractivity contribution in [2.75, 3.05) is 7.11 Å². The summed E-state index contributed by atoms with van der Waals surface area (Å²) < 4.78 is 6.57. The van der Waals surface area contributed by atoms with Gasteiger partial charge in [0.1, 0.15) is 0 Å². The van der Waals surface area contributed by atoms with Crippen molar-refractivity contribution in [3.63, 3.8) is 0 Å². The lowest BCUT2D eigenvalue weighted by molar-refractivity contribution is -0.141. The highest BCUT2D eigenvalue weighted by Crippen LogP contribution is 2.23. The number of rotatable bonds is 6. The SMILES string of the molecule is COC(=O)CC(NCc1cn(C)nc1C)c1cccs1. The molecule has 0 amide bonds. The van der Waals surface area contributed by atoms with Crippen molar-refractivity contribution in [2.24, 2.45) is 7.05 Å². The molecule has 1 N–H and O–H groups in total. The zero-order valence-electron chi connectivity index (χ0n) is 11.9. The molecule has 0 aliphatic heterocycles. The minimum absolute atomic E-state index is 0.0259. The molecule has 0 aliphatic rings. The molecular weight excluding hydrogens is 274 g/mol. The van der Waals surface area contributed by atoms with Crippen LogP contribution in [0, 0.1) is 6.92 Å². The molecule has 2 aromatic heterocycles. The quantitative estimate of drug-likeness (QED) is 0.829. The fourth-order valence-corrected chi connectivity index (χ4v) is 2.87. The Bertz CT molecular complexity index is 563. The van der Waals surface area contributed by atoms with E-state index in [9.17, 15) is 4.79 Å². The first kappa shape index (κ1) is 14.7. The van der Waals surface area contributed by atoms with Gasteiger partial charge in [0.25, 0.3) is 0 Å². The number of thiophene rings is 1. The van der Waals surface area contributed by atoms with Gasteiger partial charge in [-0.15, -0.1) is 11.3 Å². The fourth-order valence-electron chi connectivity index (χ4n) is 2.07. The Morgan fingerprint density at radius 3 is 2.95 bits per heavy atom. The lowest BCUT2D eigenvalue weighted by Gasteiger charge is -2.16. The predicted molar refractivity (Wildman–Crippen MR) is 78.5 cm³/mol. The Morgan fingerprint density at radius 2 is 2.40 bits per heavy atom. The van der Waals surface area contributed by atoms with Gasteiger partial charge in [0.05, 0.1) is 25.3 Å². The number of nitrogens with one attached hydrogen (secondary N) is 1. The van der Waals surface area contributed by atoms with Crippen molar-refractivity contribution in [3.05, 3.63) is 39.8 Å². The first-order chi connectivity index (χ1) is 9.60. The summed E-state index contributed by atoms with van der Waals surface area (Å²) in [6.45, 7) is 2.66. The van der Waals surface area contributed by atoms with Crippen molar-refractivity contribution >= 4 is 17.3 Å². The van der Waals surface area contributed by atoms with Crippen molar-refractivity contribution in [3.8, 4) is 0 Å². The van der Waals surface area contributed by atoms with E-state index in [4.69, 9.17) is 4.74 Å². The van der Waals surface area contributed by atoms with Crippen LogP contribution < -0.4 is 5.32 Å². The fraction of sp³-hybridized carbons (Fsp3) is 0.429. The smallest absolute Gasteiger partial charge is 0.307 e. The third-order valence-corrected chi connectivity index (χ3v) is 4.13. The zero-order valence-corrected chi connectivity index (χ0v) is 12.7. The van der Waals surface area contributed by atoms with Crippen LogP contribution in [0.2, 0.25) is 0 Å². The Balaban J connectivity index is 2.04. The van der Waals surface area contributed by atoms with Gasteiger partial charge < -0.3 is 10.1 Å². The molecule has 0 spiro atoms. The zero-order chi connectivity index (χ0) is 14.5. The molecule has 0 saturated carbocycles. The van der Waals surface area contributed by atoms with E-state index in [0.29, 0.717) is 13.0 Å². The van der Waals surface area contributed by atoms with E-state index in [2.05, 4.69) is 10.4 Å². The predicted octanol–water partition coefficient (Wildman–Crippen LogP) is 2.18. The number of aryl methyl sites for hydroxylation is 2. The van der Waals surface area contributed by atoms with Crippen LogP contribution >= 0.6 is 11.3 Å². The van der Waals surface area contributed by atoms with E-state index in [1.54, 1.807) is 16.0 Å². The summed E-state index contributed by atoms with van der Waals surface area (Å²) in [7, 11) is 3.32. The molecular formula is C14H19N3O2S. The Kier molecular flexibility index (Phi) is 4.92. The maximum Gasteiger partial charge on any atom is 0.307 e. The van der Waals surface area contributed by atoms with Crippen LogP contribution in [0.1, 0.15) is 28.6 Å². The summed E-state index contributed by atoms with van der Waals surface area (Å²) in [6, 6.07) is 3.99. The number of ether oxygens (including phenoxy) is 1. The van der Waals surface area contributed by atoms with Crippen molar-refractivity contribution < 1.29 is 9.53 Å². The maximum atomic E-state index is 11.5. The van der Waals surface area contributed by atoms with Crippen LogP contribution in [0.3, 0.4) is 0 Å². The molecule has 5 nitrogen and oxygen atoms in total. The van der Waals surface area contributed by atoms with E-state index in [1.165, 1.54) is 7.11 Å². The molecule has 0 saturated heterocycles. The normalized spacial score (nSPS) is 12.3. The summed E-state index contributed by atoms with van der Waals surface area (Å²) in [5, 5.41) is 9.74. The lowest BCUT2D eigenvalue weighted by Crippen LogP contribution is -2.23. The van der Waals surface area contributed by atoms with E-state index in [0.717, 1.165) is 16.1 Å². The molecule has 6 heteroatoms. The van der Waals surface area contributed by atoms with Crippen LogP contribution in [0.15, 0.2) is 23.7 Å². The summed E-state index contributed by atoms with van der Waals surface area (Å²) >= 11 is 1.64. The van der Waals surface area contributed by atoms with Gasteiger partial charge in [-0.05, 0) is 18.4 Å². The second-order valence-electron chi connectivity index (χ2n) is 4.64. The van der Waals surface area contributed by atoms with Gasteiger partial charge in [-0.1, -0.05) is 6.07 Å². The van der Waals surface area contributed by atoms with Gasteiger partial charge in [0.15, 0.2) is 0 Å². The molecule has 2 aromatic rings. The highest BCUT2D eigenvalue weighted by Gasteiger charge is 2.17. The number of carbonyl (C=O) groups excluding carboxylic acids is 1. The monoisotopic (exact) mass is 293 g/mol. The molecule has 0 radical (unpaired) electrons. The largest absolute Gasteiger partial charge is 0.469 e. The van der Waals surface area contributed by atoms with Crippen LogP contribution in [-0.4, -0.2) is 22.9 Å². The van der Waals surface area contributed by atoms with Gasteiger partial charge in [-0.25, -0.2) is 0 Å². The number of hydrogen-bond donors (Lipinski definition) is 1.